The second-order valence-electron chi connectivity index (χ2n) is 3.60. The Labute approximate surface area is 99.5 Å². The number of hydrogen-bond donors (Lipinski definition) is 2. The van der Waals surface area contributed by atoms with Gasteiger partial charge in [-0.3, -0.25) is 0 Å². The number of hydrogen-bond acceptors (Lipinski definition) is 4. The van der Waals surface area contributed by atoms with Gasteiger partial charge in [0, 0.05) is 31.0 Å². The molecule has 0 aliphatic heterocycles. The zero-order valence-electron chi connectivity index (χ0n) is 9.40. The second kappa shape index (κ2) is 4.99. The van der Waals surface area contributed by atoms with Gasteiger partial charge in [-0.2, -0.15) is 11.3 Å². The van der Waals surface area contributed by atoms with E-state index >= 15 is 0 Å². The summed E-state index contributed by atoms with van der Waals surface area (Å²) in [5.41, 5.74) is 2.39. The molecule has 3 nitrogen and oxygen atoms in total. The van der Waals surface area contributed by atoms with Gasteiger partial charge in [0.15, 0.2) is 0 Å². The maximum atomic E-state index is 4.18. The Bertz CT molecular complexity index is 439. The lowest BCUT2D eigenvalue weighted by Gasteiger charge is -2.14. The van der Waals surface area contributed by atoms with Gasteiger partial charge < -0.3 is 10.6 Å². The summed E-state index contributed by atoms with van der Waals surface area (Å²) in [4.78, 5) is 4.18. The summed E-state index contributed by atoms with van der Waals surface area (Å²) >= 11 is 1.72. The Morgan fingerprint density at radius 1 is 1.38 bits per heavy atom. The fourth-order valence-corrected chi connectivity index (χ4v) is 2.27. The average molecular weight is 233 g/mol. The van der Waals surface area contributed by atoms with Crippen molar-refractivity contribution in [3.8, 4) is 0 Å². The quantitative estimate of drug-likeness (QED) is 0.850. The van der Waals surface area contributed by atoms with Gasteiger partial charge in [-0.1, -0.05) is 0 Å². The summed E-state index contributed by atoms with van der Waals surface area (Å²) in [5.74, 6) is 0.877. The maximum Gasteiger partial charge on any atom is 0.127 e. The molecule has 84 valence electrons. The molecule has 0 aliphatic carbocycles. The van der Waals surface area contributed by atoms with E-state index in [1.54, 1.807) is 17.5 Å². The Hall–Kier alpha value is -1.55. The first kappa shape index (κ1) is 11.0. The monoisotopic (exact) mass is 233 g/mol. The zero-order valence-corrected chi connectivity index (χ0v) is 10.2. The lowest BCUT2D eigenvalue weighted by Crippen LogP contribution is -2.06. The molecule has 2 heterocycles. The van der Waals surface area contributed by atoms with Crippen LogP contribution >= 0.6 is 11.3 Å². The van der Waals surface area contributed by atoms with Crippen LogP contribution in [-0.2, 0) is 0 Å². The van der Waals surface area contributed by atoms with E-state index in [4.69, 9.17) is 0 Å². The molecule has 0 spiro atoms. The van der Waals surface area contributed by atoms with Gasteiger partial charge >= 0.3 is 0 Å². The Kier molecular flexibility index (Phi) is 3.41. The van der Waals surface area contributed by atoms with Crippen molar-refractivity contribution in [1.29, 1.82) is 0 Å². The minimum atomic E-state index is 0.318. The standard InChI is InChI=1S/C12H15N3S/c1-9(10-4-6-16-8-10)15-11-3-5-14-12(7-11)13-2/h3-9H,1-2H3,(H2,13,14,15). The number of thiophene rings is 1. The molecule has 0 saturated carbocycles. The van der Waals surface area contributed by atoms with Crippen molar-refractivity contribution in [2.45, 2.75) is 13.0 Å². The number of nitrogens with one attached hydrogen (secondary N) is 2. The van der Waals surface area contributed by atoms with Crippen LogP contribution in [0.4, 0.5) is 11.5 Å². The van der Waals surface area contributed by atoms with Crippen molar-refractivity contribution < 1.29 is 0 Å². The Balaban J connectivity index is 2.08. The first-order chi connectivity index (χ1) is 7.79. The molecule has 4 heteroatoms. The maximum absolute atomic E-state index is 4.18. The zero-order chi connectivity index (χ0) is 11.4. The molecule has 1 unspecified atom stereocenters. The van der Waals surface area contributed by atoms with Crippen molar-refractivity contribution in [2.24, 2.45) is 0 Å². The second-order valence-corrected chi connectivity index (χ2v) is 4.38. The first-order valence-corrected chi connectivity index (χ1v) is 6.16. The molecule has 1 atom stereocenters. The van der Waals surface area contributed by atoms with Crippen LogP contribution in [-0.4, -0.2) is 12.0 Å². The first-order valence-electron chi connectivity index (χ1n) is 5.22. The molecule has 0 aliphatic rings. The van der Waals surface area contributed by atoms with Crippen LogP contribution in [0.1, 0.15) is 18.5 Å². The number of aromatic nitrogens is 1. The van der Waals surface area contributed by atoms with Crippen molar-refractivity contribution in [1.82, 2.24) is 4.98 Å². The van der Waals surface area contributed by atoms with Crippen LogP contribution in [0, 0.1) is 0 Å². The Morgan fingerprint density at radius 3 is 2.94 bits per heavy atom. The van der Waals surface area contributed by atoms with Crippen LogP contribution in [0.5, 0.6) is 0 Å². The topological polar surface area (TPSA) is 37.0 Å². The van der Waals surface area contributed by atoms with Crippen LogP contribution in [0.3, 0.4) is 0 Å². The van der Waals surface area contributed by atoms with Gasteiger partial charge in [0.1, 0.15) is 5.82 Å². The summed E-state index contributed by atoms with van der Waals surface area (Å²) in [6, 6.07) is 6.44. The highest BCUT2D eigenvalue weighted by molar-refractivity contribution is 7.07. The molecular weight excluding hydrogens is 218 g/mol. The SMILES string of the molecule is CNc1cc(NC(C)c2ccsc2)ccn1. The van der Waals surface area contributed by atoms with E-state index in [9.17, 15) is 0 Å². The molecule has 0 fully saturated rings. The summed E-state index contributed by atoms with van der Waals surface area (Å²) in [6.45, 7) is 2.15. The van der Waals surface area contributed by atoms with E-state index in [2.05, 4.69) is 39.4 Å². The lowest BCUT2D eigenvalue weighted by atomic mass is 10.2. The molecule has 2 N–H and O–H groups in total. The summed E-state index contributed by atoms with van der Waals surface area (Å²) in [7, 11) is 1.87. The molecule has 0 aromatic carbocycles. The minimum absolute atomic E-state index is 0.318. The third kappa shape index (κ3) is 2.52. The van der Waals surface area contributed by atoms with Crippen molar-refractivity contribution in [3.05, 3.63) is 40.7 Å². The third-order valence-electron chi connectivity index (χ3n) is 2.44. The fourth-order valence-electron chi connectivity index (χ4n) is 1.51. The number of rotatable bonds is 4. The summed E-state index contributed by atoms with van der Waals surface area (Å²) in [5, 5.41) is 10.7. The van der Waals surface area contributed by atoms with E-state index in [0.717, 1.165) is 11.5 Å². The van der Waals surface area contributed by atoms with Crippen molar-refractivity contribution in [3.63, 3.8) is 0 Å². The van der Waals surface area contributed by atoms with Crippen LogP contribution in [0.25, 0.3) is 0 Å². The lowest BCUT2D eigenvalue weighted by molar-refractivity contribution is 0.890. The predicted octanol–water partition coefficient (Wildman–Crippen LogP) is 3.36. The van der Waals surface area contributed by atoms with Crippen molar-refractivity contribution >= 4 is 22.8 Å². The number of pyridine rings is 1. The van der Waals surface area contributed by atoms with E-state index in [1.165, 1.54) is 5.56 Å². The fraction of sp³-hybridized carbons (Fsp3) is 0.250. The summed E-state index contributed by atoms with van der Waals surface area (Å²) < 4.78 is 0. The van der Waals surface area contributed by atoms with Crippen LogP contribution < -0.4 is 10.6 Å². The summed E-state index contributed by atoms with van der Waals surface area (Å²) in [6.07, 6.45) is 1.80. The minimum Gasteiger partial charge on any atom is -0.378 e. The number of nitrogens with zero attached hydrogens (tertiary/aromatic N) is 1. The van der Waals surface area contributed by atoms with Crippen LogP contribution in [0.2, 0.25) is 0 Å². The normalized spacial score (nSPS) is 12.1. The van der Waals surface area contributed by atoms with Gasteiger partial charge in [-0.25, -0.2) is 4.98 Å². The van der Waals surface area contributed by atoms with Gasteiger partial charge in [0.25, 0.3) is 0 Å². The van der Waals surface area contributed by atoms with Gasteiger partial charge in [0.2, 0.25) is 0 Å². The predicted molar refractivity (Wildman–Crippen MR) is 70.1 cm³/mol. The van der Waals surface area contributed by atoms with Gasteiger partial charge in [-0.15, -0.1) is 0 Å². The van der Waals surface area contributed by atoms with E-state index in [1.807, 2.05) is 19.2 Å². The van der Waals surface area contributed by atoms with E-state index < -0.39 is 0 Å². The third-order valence-corrected chi connectivity index (χ3v) is 3.14. The molecule has 2 aromatic heterocycles. The molecular formula is C12H15N3S. The molecule has 0 bridgehead atoms. The van der Waals surface area contributed by atoms with Crippen molar-refractivity contribution in [2.75, 3.05) is 17.7 Å². The highest BCUT2D eigenvalue weighted by atomic mass is 32.1. The Morgan fingerprint density at radius 2 is 2.25 bits per heavy atom. The largest absolute Gasteiger partial charge is 0.378 e. The van der Waals surface area contributed by atoms with E-state index in [0.29, 0.717) is 6.04 Å². The van der Waals surface area contributed by atoms with E-state index in [-0.39, 0.29) is 0 Å². The molecule has 2 aromatic rings. The molecule has 0 saturated heterocycles. The molecule has 2 rings (SSSR count). The van der Waals surface area contributed by atoms with Gasteiger partial charge in [-0.05, 0) is 35.4 Å². The molecule has 0 amide bonds. The van der Waals surface area contributed by atoms with Crippen LogP contribution in [0.15, 0.2) is 35.2 Å². The van der Waals surface area contributed by atoms with Gasteiger partial charge in [0.05, 0.1) is 0 Å². The average Bonchev–Trinajstić information content (AvgIpc) is 2.83. The molecule has 16 heavy (non-hydrogen) atoms. The molecule has 0 radical (unpaired) electrons. The highest BCUT2D eigenvalue weighted by Crippen LogP contribution is 2.21. The highest BCUT2D eigenvalue weighted by Gasteiger charge is 2.05. The smallest absolute Gasteiger partial charge is 0.127 e. The number of anilines is 2.